The molecule has 0 N–H and O–H groups in total. The molecule has 1 aliphatic carbocycles. The fraction of sp³-hybridized carbons (Fsp3) is 0.333. The fourth-order valence-corrected chi connectivity index (χ4v) is 3.73. The molecule has 3 heteroatoms. The van der Waals surface area contributed by atoms with Gasteiger partial charge in [-0.05, 0) is 35.8 Å². The van der Waals surface area contributed by atoms with E-state index in [1.807, 2.05) is 12.1 Å². The summed E-state index contributed by atoms with van der Waals surface area (Å²) >= 11 is 0. The van der Waals surface area contributed by atoms with Gasteiger partial charge in [0, 0.05) is 18.5 Å². The van der Waals surface area contributed by atoms with Gasteiger partial charge in [0.1, 0.15) is 6.17 Å². The van der Waals surface area contributed by atoms with E-state index in [0.717, 1.165) is 30.8 Å². The van der Waals surface area contributed by atoms with Gasteiger partial charge < -0.3 is 0 Å². The van der Waals surface area contributed by atoms with Gasteiger partial charge in [0.25, 0.3) is 0 Å². The molecule has 2 heterocycles. The zero-order valence-corrected chi connectivity index (χ0v) is 12.1. The minimum Gasteiger partial charge on any atom is -0.290 e. The molecular weight excluding hydrogens is 260 g/mol. The van der Waals surface area contributed by atoms with Crippen molar-refractivity contribution >= 4 is 11.5 Å². The summed E-state index contributed by atoms with van der Waals surface area (Å²) in [6.07, 6.45) is 6.50. The van der Waals surface area contributed by atoms with Gasteiger partial charge in [-0.25, -0.2) is 0 Å². The molecule has 21 heavy (non-hydrogen) atoms. The van der Waals surface area contributed by atoms with Gasteiger partial charge in [0.2, 0.25) is 0 Å². The van der Waals surface area contributed by atoms with Gasteiger partial charge in [-0.3, -0.25) is 14.7 Å². The van der Waals surface area contributed by atoms with Gasteiger partial charge in [-0.15, -0.1) is 0 Å². The highest BCUT2D eigenvalue weighted by atomic mass is 16.1. The SMILES string of the molecule is C[C@@]12CCN(Cc3ccccc3)[C@@H]1N=C1C=CC(=O)C=C12. The van der Waals surface area contributed by atoms with Crippen LogP contribution in [0.15, 0.2) is 59.1 Å². The Morgan fingerprint density at radius 2 is 2.10 bits per heavy atom. The molecule has 2 atom stereocenters. The number of fused-ring (bicyclic) bond motifs is 3. The second-order valence-electron chi connectivity index (χ2n) is 6.31. The normalized spacial score (nSPS) is 30.9. The average Bonchev–Trinajstić information content (AvgIpc) is 2.95. The van der Waals surface area contributed by atoms with Crippen molar-refractivity contribution in [3.05, 3.63) is 59.7 Å². The van der Waals surface area contributed by atoms with Crippen LogP contribution in [0, 0.1) is 5.41 Å². The zero-order chi connectivity index (χ0) is 14.4. The van der Waals surface area contributed by atoms with Crippen molar-refractivity contribution in [2.75, 3.05) is 6.54 Å². The largest absolute Gasteiger partial charge is 0.290 e. The van der Waals surface area contributed by atoms with Gasteiger partial charge in [0.15, 0.2) is 5.78 Å². The Balaban J connectivity index is 1.65. The van der Waals surface area contributed by atoms with Gasteiger partial charge in [0.05, 0.1) is 5.71 Å². The molecule has 0 aromatic heterocycles. The van der Waals surface area contributed by atoms with Crippen LogP contribution in [-0.2, 0) is 11.3 Å². The maximum atomic E-state index is 11.7. The van der Waals surface area contributed by atoms with Crippen LogP contribution in [0.1, 0.15) is 18.9 Å². The summed E-state index contributed by atoms with van der Waals surface area (Å²) in [5.74, 6) is 0.0901. The van der Waals surface area contributed by atoms with Crippen molar-refractivity contribution in [2.24, 2.45) is 10.4 Å². The van der Waals surface area contributed by atoms with Crippen LogP contribution in [0.3, 0.4) is 0 Å². The summed E-state index contributed by atoms with van der Waals surface area (Å²) in [5.41, 5.74) is 3.44. The molecule has 0 radical (unpaired) electrons. The maximum absolute atomic E-state index is 11.7. The highest BCUT2D eigenvalue weighted by Gasteiger charge is 2.51. The first-order chi connectivity index (χ1) is 10.2. The molecule has 0 spiro atoms. The topological polar surface area (TPSA) is 32.7 Å². The predicted molar refractivity (Wildman–Crippen MR) is 83.0 cm³/mol. The number of hydrogen-bond donors (Lipinski definition) is 0. The maximum Gasteiger partial charge on any atom is 0.179 e. The molecule has 4 rings (SSSR count). The van der Waals surface area contributed by atoms with Gasteiger partial charge >= 0.3 is 0 Å². The summed E-state index contributed by atoms with van der Waals surface area (Å²) in [7, 11) is 0. The van der Waals surface area contributed by atoms with Crippen molar-refractivity contribution < 1.29 is 4.79 Å². The lowest BCUT2D eigenvalue weighted by molar-refractivity contribution is -0.110. The number of ketones is 1. The monoisotopic (exact) mass is 278 g/mol. The first-order valence-corrected chi connectivity index (χ1v) is 7.47. The van der Waals surface area contributed by atoms with Crippen molar-refractivity contribution in [1.82, 2.24) is 4.90 Å². The van der Waals surface area contributed by atoms with E-state index in [2.05, 4.69) is 36.1 Å². The predicted octanol–water partition coefficient (Wildman–Crippen LogP) is 2.74. The summed E-state index contributed by atoms with van der Waals surface area (Å²) in [6, 6.07) is 10.5. The quantitative estimate of drug-likeness (QED) is 0.779. The summed E-state index contributed by atoms with van der Waals surface area (Å²) in [5, 5.41) is 0. The Labute approximate surface area is 124 Å². The van der Waals surface area contributed by atoms with E-state index in [1.165, 1.54) is 5.56 Å². The Kier molecular flexibility index (Phi) is 2.73. The van der Waals surface area contributed by atoms with Crippen molar-refractivity contribution in [1.29, 1.82) is 0 Å². The third kappa shape index (κ3) is 1.92. The van der Waals surface area contributed by atoms with Crippen LogP contribution >= 0.6 is 0 Å². The number of aliphatic imine (C=N–C) groups is 1. The molecule has 3 aliphatic rings. The van der Waals surface area contributed by atoms with Crippen LogP contribution in [0.4, 0.5) is 0 Å². The minimum absolute atomic E-state index is 0.00939. The Hall–Kier alpha value is -2.00. The van der Waals surface area contributed by atoms with E-state index in [1.54, 1.807) is 12.2 Å². The second-order valence-corrected chi connectivity index (χ2v) is 6.31. The Bertz CT molecular complexity index is 686. The molecular formula is C18H18N2O. The van der Waals surface area contributed by atoms with E-state index in [4.69, 9.17) is 4.99 Å². The van der Waals surface area contributed by atoms with Crippen molar-refractivity contribution in [2.45, 2.75) is 26.1 Å². The van der Waals surface area contributed by atoms with Crippen LogP contribution in [0.2, 0.25) is 0 Å². The van der Waals surface area contributed by atoms with Crippen LogP contribution in [0.5, 0.6) is 0 Å². The Morgan fingerprint density at radius 1 is 1.29 bits per heavy atom. The van der Waals surface area contributed by atoms with Gasteiger partial charge in [-0.1, -0.05) is 37.3 Å². The molecule has 0 saturated carbocycles. The molecule has 1 saturated heterocycles. The van der Waals surface area contributed by atoms with Gasteiger partial charge in [-0.2, -0.15) is 0 Å². The van der Waals surface area contributed by atoms with E-state index in [9.17, 15) is 4.79 Å². The molecule has 106 valence electrons. The molecule has 1 fully saturated rings. The average molecular weight is 278 g/mol. The lowest BCUT2D eigenvalue weighted by Gasteiger charge is -2.28. The summed E-state index contributed by atoms with van der Waals surface area (Å²) < 4.78 is 0. The number of rotatable bonds is 2. The first-order valence-electron chi connectivity index (χ1n) is 7.47. The fourth-order valence-electron chi connectivity index (χ4n) is 3.73. The Morgan fingerprint density at radius 3 is 2.90 bits per heavy atom. The first kappa shape index (κ1) is 12.7. The lowest BCUT2D eigenvalue weighted by atomic mass is 9.77. The van der Waals surface area contributed by atoms with Crippen molar-refractivity contribution in [3.8, 4) is 0 Å². The minimum atomic E-state index is -0.00939. The smallest absolute Gasteiger partial charge is 0.179 e. The van der Waals surface area contributed by atoms with E-state index >= 15 is 0 Å². The third-order valence-electron chi connectivity index (χ3n) is 4.91. The summed E-state index contributed by atoms with van der Waals surface area (Å²) in [6.45, 7) is 4.20. The standard InChI is InChI=1S/C18H18N2O/c1-18-9-10-20(12-13-5-3-2-4-6-13)17(18)19-16-8-7-14(21)11-15(16)18/h2-8,11,17H,9-10,12H2,1H3/t17-,18-/m0/s1. The number of nitrogens with zero attached hydrogens (tertiary/aromatic N) is 2. The molecule has 0 bridgehead atoms. The van der Waals surface area contributed by atoms with E-state index < -0.39 is 0 Å². The van der Waals surface area contributed by atoms with Crippen LogP contribution < -0.4 is 0 Å². The second kappa shape index (κ2) is 4.50. The molecule has 1 aromatic rings. The number of hydrogen-bond acceptors (Lipinski definition) is 3. The lowest BCUT2D eigenvalue weighted by Crippen LogP contribution is -2.34. The van der Waals surface area contributed by atoms with Crippen LogP contribution in [0.25, 0.3) is 0 Å². The molecule has 3 nitrogen and oxygen atoms in total. The molecule has 2 aliphatic heterocycles. The number of carbonyl (C=O) groups excluding carboxylic acids is 1. The zero-order valence-electron chi connectivity index (χ0n) is 12.1. The summed E-state index contributed by atoms with van der Waals surface area (Å²) in [4.78, 5) is 19.0. The molecule has 1 aromatic carbocycles. The number of carbonyl (C=O) groups is 1. The van der Waals surface area contributed by atoms with E-state index in [0.29, 0.717) is 0 Å². The highest BCUT2D eigenvalue weighted by molar-refractivity contribution is 6.21. The third-order valence-corrected chi connectivity index (χ3v) is 4.91. The van der Waals surface area contributed by atoms with Crippen LogP contribution in [-0.4, -0.2) is 29.1 Å². The van der Waals surface area contributed by atoms with E-state index in [-0.39, 0.29) is 17.4 Å². The number of benzene rings is 1. The molecule has 0 amide bonds. The highest BCUT2D eigenvalue weighted by Crippen LogP contribution is 2.49. The number of likely N-dealkylation sites (tertiary alicyclic amines) is 1. The molecule has 0 unspecified atom stereocenters. The number of allylic oxidation sites excluding steroid dienone is 3. The van der Waals surface area contributed by atoms with Crippen molar-refractivity contribution in [3.63, 3.8) is 0 Å².